The lowest BCUT2D eigenvalue weighted by atomic mass is 9.97. The number of carbonyl (C=O) groups is 1. The predicted octanol–water partition coefficient (Wildman–Crippen LogP) is 2.07. The first kappa shape index (κ1) is 14.0. The van der Waals surface area contributed by atoms with Gasteiger partial charge in [0, 0.05) is 19.2 Å². The van der Waals surface area contributed by atoms with Crippen molar-refractivity contribution in [1.82, 2.24) is 0 Å². The average Bonchev–Trinajstić information content (AvgIpc) is 2.78. The van der Waals surface area contributed by atoms with E-state index in [9.17, 15) is 20.0 Å². The molecule has 2 rings (SSSR count). The zero-order valence-corrected chi connectivity index (χ0v) is 11.6. The van der Waals surface area contributed by atoms with E-state index in [4.69, 9.17) is 0 Å². The Bertz CT molecular complexity index is 514. The molecule has 7 heteroatoms. The third kappa shape index (κ3) is 2.76. The summed E-state index contributed by atoms with van der Waals surface area (Å²) >= 11 is 1.16. The van der Waals surface area contributed by atoms with Gasteiger partial charge in [0.1, 0.15) is 0 Å². The zero-order valence-electron chi connectivity index (χ0n) is 10.8. The minimum absolute atomic E-state index is 0.0150. The second-order valence-electron chi connectivity index (χ2n) is 4.89. The van der Waals surface area contributed by atoms with Crippen LogP contribution in [-0.4, -0.2) is 35.0 Å². The number of ketones is 1. The molecule has 1 aliphatic rings. The first-order chi connectivity index (χ1) is 8.90. The molecule has 1 fully saturated rings. The molecule has 1 N–H and O–H groups in total. The van der Waals surface area contributed by atoms with E-state index in [2.05, 4.69) is 0 Å². The number of rotatable bonds is 3. The number of nitrogens with zero attached hydrogens (tertiary/aromatic N) is 2. The molecule has 0 aromatic carbocycles. The van der Waals surface area contributed by atoms with E-state index in [1.807, 2.05) is 11.8 Å². The van der Waals surface area contributed by atoms with Gasteiger partial charge in [-0.25, -0.2) is 0 Å². The number of hydrogen-bond acceptors (Lipinski definition) is 6. The van der Waals surface area contributed by atoms with Crippen molar-refractivity contribution in [3.63, 3.8) is 0 Å². The van der Waals surface area contributed by atoms with Crippen LogP contribution in [-0.2, 0) is 0 Å². The van der Waals surface area contributed by atoms with Crippen LogP contribution in [0.25, 0.3) is 0 Å². The van der Waals surface area contributed by atoms with E-state index >= 15 is 0 Å². The molecule has 0 saturated carbocycles. The van der Waals surface area contributed by atoms with Gasteiger partial charge in [-0.15, -0.1) is 11.3 Å². The molecule has 104 valence electrons. The van der Waals surface area contributed by atoms with Crippen molar-refractivity contribution in [3.05, 3.63) is 21.1 Å². The fourth-order valence-electron chi connectivity index (χ4n) is 2.22. The molecule has 0 spiro atoms. The summed E-state index contributed by atoms with van der Waals surface area (Å²) in [6, 6.07) is 1.35. The second kappa shape index (κ2) is 5.26. The average molecular weight is 284 g/mol. The van der Waals surface area contributed by atoms with Crippen LogP contribution in [0.4, 0.5) is 10.7 Å². The largest absolute Gasteiger partial charge is 0.393 e. The lowest BCUT2D eigenvalue weighted by Crippen LogP contribution is -2.41. The van der Waals surface area contributed by atoms with Gasteiger partial charge < -0.3 is 10.0 Å². The molecule has 1 aromatic rings. The van der Waals surface area contributed by atoms with Gasteiger partial charge in [-0.05, 0) is 19.3 Å². The molecule has 0 radical (unpaired) electrons. The Morgan fingerprint density at radius 2 is 2.32 bits per heavy atom. The van der Waals surface area contributed by atoms with Gasteiger partial charge in [0.15, 0.2) is 10.8 Å². The van der Waals surface area contributed by atoms with Crippen LogP contribution >= 0.6 is 11.3 Å². The van der Waals surface area contributed by atoms with E-state index in [0.29, 0.717) is 29.4 Å². The van der Waals surface area contributed by atoms with Crippen molar-refractivity contribution in [3.8, 4) is 0 Å². The highest BCUT2D eigenvalue weighted by Gasteiger charge is 2.31. The van der Waals surface area contributed by atoms with Gasteiger partial charge in [0.2, 0.25) is 0 Å². The van der Waals surface area contributed by atoms with E-state index in [-0.39, 0.29) is 23.5 Å². The van der Waals surface area contributed by atoms with E-state index in [1.165, 1.54) is 13.0 Å². The van der Waals surface area contributed by atoms with Gasteiger partial charge in [-0.3, -0.25) is 14.9 Å². The molecular formula is C12H16N2O4S. The molecule has 0 bridgehead atoms. The fourth-order valence-corrected chi connectivity index (χ4v) is 3.28. The lowest BCUT2D eigenvalue weighted by Gasteiger charge is -2.34. The minimum atomic E-state index is -0.450. The number of hydrogen-bond donors (Lipinski definition) is 1. The number of aliphatic hydroxyl groups is 1. The molecule has 0 aliphatic carbocycles. The molecule has 19 heavy (non-hydrogen) atoms. The Labute approximate surface area is 114 Å². The number of piperidine rings is 1. The lowest BCUT2D eigenvalue weighted by molar-refractivity contribution is -0.383. The number of thiophene rings is 1. The third-order valence-corrected chi connectivity index (χ3v) is 4.67. The van der Waals surface area contributed by atoms with Gasteiger partial charge in [0.05, 0.1) is 15.9 Å². The summed E-state index contributed by atoms with van der Waals surface area (Å²) in [7, 11) is 0. The summed E-state index contributed by atoms with van der Waals surface area (Å²) in [6.07, 6.45) is 0.230. The Hall–Kier alpha value is -1.47. The fraction of sp³-hybridized carbons (Fsp3) is 0.583. The number of nitro groups is 1. The minimum Gasteiger partial charge on any atom is -0.393 e. The van der Waals surface area contributed by atoms with Crippen LogP contribution < -0.4 is 4.90 Å². The maximum absolute atomic E-state index is 11.4. The third-order valence-electron chi connectivity index (χ3n) is 3.38. The van der Waals surface area contributed by atoms with Crippen LogP contribution in [0, 0.1) is 16.0 Å². The second-order valence-corrected chi connectivity index (χ2v) is 5.92. The van der Waals surface area contributed by atoms with E-state index in [1.54, 1.807) is 0 Å². The number of aliphatic hydroxyl groups excluding tert-OH is 1. The first-order valence-corrected chi connectivity index (χ1v) is 6.94. The highest BCUT2D eigenvalue weighted by atomic mass is 32.1. The molecule has 2 heterocycles. The molecular weight excluding hydrogens is 268 g/mol. The quantitative estimate of drug-likeness (QED) is 0.522. The maximum Gasteiger partial charge on any atom is 0.304 e. The van der Waals surface area contributed by atoms with Gasteiger partial charge >= 0.3 is 5.69 Å². The Morgan fingerprint density at radius 3 is 2.84 bits per heavy atom. The molecule has 1 aromatic heterocycles. The van der Waals surface area contributed by atoms with Crippen LogP contribution in [0.15, 0.2) is 6.07 Å². The standard InChI is InChI=1S/C12H16N2O4S/c1-7-6-13(4-3-10(7)16)12-9(14(17)18)5-11(19-12)8(2)15/h5,7,10,16H,3-4,6H2,1-2H3. The normalized spacial score (nSPS) is 23.4. The summed E-state index contributed by atoms with van der Waals surface area (Å²) in [5.41, 5.74) is -0.0150. The molecule has 6 nitrogen and oxygen atoms in total. The Kier molecular flexibility index (Phi) is 3.86. The Morgan fingerprint density at radius 1 is 1.63 bits per heavy atom. The van der Waals surface area contributed by atoms with Crippen molar-refractivity contribution in [2.75, 3.05) is 18.0 Å². The van der Waals surface area contributed by atoms with Crippen molar-refractivity contribution < 1.29 is 14.8 Å². The van der Waals surface area contributed by atoms with Gasteiger partial charge in [0.25, 0.3) is 0 Å². The summed E-state index contributed by atoms with van der Waals surface area (Å²) in [4.78, 5) is 24.3. The SMILES string of the molecule is CC(=O)c1cc([N+](=O)[O-])c(N2CCC(O)C(C)C2)s1. The number of Topliss-reactive ketones (excluding diaryl/α,β-unsaturated/α-hetero) is 1. The maximum atomic E-state index is 11.4. The number of anilines is 1. The topological polar surface area (TPSA) is 83.7 Å². The van der Waals surface area contributed by atoms with Crippen molar-refractivity contribution >= 4 is 27.8 Å². The zero-order chi connectivity index (χ0) is 14.2. The van der Waals surface area contributed by atoms with Crippen LogP contribution in [0.1, 0.15) is 29.9 Å². The van der Waals surface area contributed by atoms with Crippen molar-refractivity contribution in [2.24, 2.45) is 5.92 Å². The summed E-state index contributed by atoms with van der Waals surface area (Å²) < 4.78 is 0. The highest BCUT2D eigenvalue weighted by Crippen LogP contribution is 2.39. The predicted molar refractivity (Wildman–Crippen MR) is 73.0 cm³/mol. The molecule has 2 unspecified atom stereocenters. The van der Waals surface area contributed by atoms with Crippen molar-refractivity contribution in [2.45, 2.75) is 26.4 Å². The van der Waals surface area contributed by atoms with E-state index < -0.39 is 4.92 Å². The molecule has 0 amide bonds. The van der Waals surface area contributed by atoms with Crippen LogP contribution in [0.2, 0.25) is 0 Å². The summed E-state index contributed by atoms with van der Waals surface area (Å²) in [5, 5.41) is 21.3. The highest BCUT2D eigenvalue weighted by molar-refractivity contribution is 7.18. The molecule has 1 saturated heterocycles. The van der Waals surface area contributed by atoms with Crippen molar-refractivity contribution in [1.29, 1.82) is 0 Å². The monoisotopic (exact) mass is 284 g/mol. The molecule has 1 aliphatic heterocycles. The summed E-state index contributed by atoms with van der Waals surface area (Å²) in [6.45, 7) is 4.47. The summed E-state index contributed by atoms with van der Waals surface area (Å²) in [5.74, 6) is -0.0966. The number of carbonyl (C=O) groups excluding carboxylic acids is 1. The van der Waals surface area contributed by atoms with Gasteiger partial charge in [-0.2, -0.15) is 0 Å². The Balaban J connectivity index is 2.33. The van der Waals surface area contributed by atoms with Crippen LogP contribution in [0.5, 0.6) is 0 Å². The first-order valence-electron chi connectivity index (χ1n) is 6.12. The van der Waals surface area contributed by atoms with E-state index in [0.717, 1.165) is 11.3 Å². The van der Waals surface area contributed by atoms with Gasteiger partial charge in [-0.1, -0.05) is 6.92 Å². The van der Waals surface area contributed by atoms with Crippen LogP contribution in [0.3, 0.4) is 0 Å². The smallest absolute Gasteiger partial charge is 0.304 e. The molecule has 2 atom stereocenters.